The second-order valence-electron chi connectivity index (χ2n) is 3.47. The predicted molar refractivity (Wildman–Crippen MR) is 60.3 cm³/mol. The summed E-state index contributed by atoms with van der Waals surface area (Å²) in [5.41, 5.74) is 3.35. The molecule has 0 aromatic heterocycles. The maximum atomic E-state index is 5.34. The van der Waals surface area contributed by atoms with Crippen LogP contribution in [-0.2, 0) is 0 Å². The molecule has 0 aliphatic carbocycles. The minimum Gasteiger partial charge on any atom is -0.492 e. The van der Waals surface area contributed by atoms with E-state index in [2.05, 4.69) is 6.92 Å². The van der Waals surface area contributed by atoms with Gasteiger partial charge in [0, 0.05) is 0 Å². The fourth-order valence-electron chi connectivity index (χ4n) is 1.74. The Morgan fingerprint density at radius 3 is 1.13 bits per heavy atom. The highest BCUT2D eigenvalue weighted by Gasteiger charge is 2.19. The van der Waals surface area contributed by atoms with Crippen LogP contribution < -0.4 is 14.2 Å². The fraction of sp³-hybridized carbons (Fsp3) is 0.500. The van der Waals surface area contributed by atoms with Crippen molar-refractivity contribution in [3.8, 4) is 17.2 Å². The van der Waals surface area contributed by atoms with Gasteiger partial charge < -0.3 is 14.2 Å². The molecule has 0 N–H and O–H groups in total. The lowest BCUT2D eigenvalue weighted by Gasteiger charge is -2.19. The van der Waals surface area contributed by atoms with Gasteiger partial charge in [0.15, 0.2) is 11.5 Å². The van der Waals surface area contributed by atoms with Crippen LogP contribution >= 0.6 is 0 Å². The van der Waals surface area contributed by atoms with E-state index in [0.29, 0.717) is 5.75 Å². The van der Waals surface area contributed by atoms with Crippen molar-refractivity contribution < 1.29 is 14.2 Å². The zero-order valence-electron chi connectivity index (χ0n) is 10.2. The number of hydrogen-bond acceptors (Lipinski definition) is 3. The zero-order chi connectivity index (χ0) is 11.6. The second kappa shape index (κ2) is 4.43. The van der Waals surface area contributed by atoms with Gasteiger partial charge in [0.1, 0.15) is 0 Å². The SMILES string of the molecule is COc1c(C)c(C)c(C)c(OC)c1OC. The number of methoxy groups -OCH3 is 3. The molecule has 0 radical (unpaired) electrons. The van der Waals surface area contributed by atoms with Gasteiger partial charge in [0.05, 0.1) is 21.3 Å². The van der Waals surface area contributed by atoms with Gasteiger partial charge in [-0.25, -0.2) is 0 Å². The van der Waals surface area contributed by atoms with Crippen molar-refractivity contribution in [2.75, 3.05) is 21.3 Å². The number of hydrogen-bond donors (Lipinski definition) is 0. The van der Waals surface area contributed by atoms with E-state index in [-0.39, 0.29) is 0 Å². The van der Waals surface area contributed by atoms with Gasteiger partial charge in [0.25, 0.3) is 0 Å². The number of benzene rings is 1. The lowest BCUT2D eigenvalue weighted by Crippen LogP contribution is -2.01. The van der Waals surface area contributed by atoms with Crippen LogP contribution in [0, 0.1) is 20.8 Å². The summed E-state index contributed by atoms with van der Waals surface area (Å²) >= 11 is 0. The summed E-state index contributed by atoms with van der Waals surface area (Å²) in [4.78, 5) is 0. The molecule has 0 saturated heterocycles. The van der Waals surface area contributed by atoms with Crippen molar-refractivity contribution in [1.82, 2.24) is 0 Å². The lowest BCUT2D eigenvalue weighted by atomic mass is 10.0. The van der Waals surface area contributed by atoms with Gasteiger partial charge in [-0.1, -0.05) is 0 Å². The highest BCUT2D eigenvalue weighted by molar-refractivity contribution is 5.62. The molecule has 3 heteroatoms. The van der Waals surface area contributed by atoms with Crippen molar-refractivity contribution >= 4 is 0 Å². The van der Waals surface area contributed by atoms with E-state index in [9.17, 15) is 0 Å². The maximum absolute atomic E-state index is 5.34. The van der Waals surface area contributed by atoms with E-state index < -0.39 is 0 Å². The summed E-state index contributed by atoms with van der Waals surface area (Å²) in [5.74, 6) is 2.16. The third-order valence-corrected chi connectivity index (χ3v) is 2.83. The van der Waals surface area contributed by atoms with Crippen molar-refractivity contribution in [1.29, 1.82) is 0 Å². The molecule has 0 atom stereocenters. The molecule has 0 aliphatic heterocycles. The van der Waals surface area contributed by atoms with Crippen molar-refractivity contribution in [3.05, 3.63) is 16.7 Å². The molecule has 0 unspecified atom stereocenters. The van der Waals surface area contributed by atoms with E-state index >= 15 is 0 Å². The van der Waals surface area contributed by atoms with Gasteiger partial charge in [0.2, 0.25) is 5.75 Å². The summed E-state index contributed by atoms with van der Waals surface area (Å²) in [5, 5.41) is 0. The summed E-state index contributed by atoms with van der Waals surface area (Å²) in [7, 11) is 4.90. The molecule has 0 bridgehead atoms. The molecule has 84 valence electrons. The van der Waals surface area contributed by atoms with Gasteiger partial charge in [-0.05, 0) is 37.5 Å². The van der Waals surface area contributed by atoms with Crippen LogP contribution in [0.4, 0.5) is 0 Å². The normalized spacial score (nSPS) is 10.0. The number of ether oxygens (including phenoxy) is 3. The van der Waals surface area contributed by atoms with Crippen molar-refractivity contribution in [2.24, 2.45) is 0 Å². The number of rotatable bonds is 3. The van der Waals surface area contributed by atoms with E-state index in [1.54, 1.807) is 21.3 Å². The smallest absolute Gasteiger partial charge is 0.203 e. The molecule has 3 nitrogen and oxygen atoms in total. The van der Waals surface area contributed by atoms with Gasteiger partial charge in [-0.2, -0.15) is 0 Å². The highest BCUT2D eigenvalue weighted by atomic mass is 16.5. The molecule has 1 aromatic rings. The van der Waals surface area contributed by atoms with Crippen LogP contribution in [0.2, 0.25) is 0 Å². The Bertz CT molecular complexity index is 339. The molecule has 0 aliphatic rings. The topological polar surface area (TPSA) is 27.7 Å². The Balaban J connectivity index is 3.59. The first-order valence-corrected chi connectivity index (χ1v) is 4.84. The summed E-state index contributed by atoms with van der Waals surface area (Å²) in [6.45, 7) is 6.08. The summed E-state index contributed by atoms with van der Waals surface area (Å²) < 4.78 is 16.0. The monoisotopic (exact) mass is 210 g/mol. The van der Waals surface area contributed by atoms with Crippen LogP contribution in [0.15, 0.2) is 0 Å². The van der Waals surface area contributed by atoms with E-state index in [1.807, 2.05) is 13.8 Å². The van der Waals surface area contributed by atoms with Crippen LogP contribution in [0.5, 0.6) is 17.2 Å². The Hall–Kier alpha value is -1.38. The van der Waals surface area contributed by atoms with E-state index in [0.717, 1.165) is 22.6 Å². The van der Waals surface area contributed by atoms with Crippen molar-refractivity contribution in [3.63, 3.8) is 0 Å². The van der Waals surface area contributed by atoms with Crippen LogP contribution in [0.3, 0.4) is 0 Å². The Morgan fingerprint density at radius 2 is 0.867 bits per heavy atom. The first kappa shape index (κ1) is 11.7. The molecule has 1 rings (SSSR count). The zero-order valence-corrected chi connectivity index (χ0v) is 10.2. The Labute approximate surface area is 91.0 Å². The average Bonchev–Trinajstić information content (AvgIpc) is 2.25. The van der Waals surface area contributed by atoms with Crippen LogP contribution in [0.25, 0.3) is 0 Å². The Kier molecular flexibility index (Phi) is 3.45. The largest absolute Gasteiger partial charge is 0.492 e. The minimum atomic E-state index is 0.667. The molecule has 0 amide bonds. The lowest BCUT2D eigenvalue weighted by molar-refractivity contribution is 0.321. The predicted octanol–water partition coefficient (Wildman–Crippen LogP) is 2.64. The highest BCUT2D eigenvalue weighted by Crippen LogP contribution is 2.44. The van der Waals surface area contributed by atoms with E-state index in [1.165, 1.54) is 5.56 Å². The molecule has 0 saturated carbocycles. The standard InChI is InChI=1S/C12H18O3/c1-7-8(2)10(13-4)12(15-6)11(14-5)9(7)3/h1-6H3. The quantitative estimate of drug-likeness (QED) is 0.767. The first-order valence-electron chi connectivity index (χ1n) is 4.84. The summed E-state index contributed by atoms with van der Waals surface area (Å²) in [6, 6.07) is 0. The Morgan fingerprint density at radius 1 is 0.533 bits per heavy atom. The third kappa shape index (κ3) is 1.74. The molecule has 0 heterocycles. The molecular formula is C12H18O3. The average molecular weight is 210 g/mol. The van der Waals surface area contributed by atoms with Gasteiger partial charge in [-0.3, -0.25) is 0 Å². The maximum Gasteiger partial charge on any atom is 0.203 e. The summed E-state index contributed by atoms with van der Waals surface area (Å²) in [6.07, 6.45) is 0. The molecule has 1 aromatic carbocycles. The van der Waals surface area contributed by atoms with Crippen molar-refractivity contribution in [2.45, 2.75) is 20.8 Å². The second-order valence-corrected chi connectivity index (χ2v) is 3.47. The molecule has 15 heavy (non-hydrogen) atoms. The first-order chi connectivity index (χ1) is 7.08. The van der Waals surface area contributed by atoms with Crippen LogP contribution in [0.1, 0.15) is 16.7 Å². The van der Waals surface area contributed by atoms with Crippen LogP contribution in [-0.4, -0.2) is 21.3 Å². The minimum absolute atomic E-state index is 0.667. The molecule has 0 fully saturated rings. The fourth-order valence-corrected chi connectivity index (χ4v) is 1.74. The molecular weight excluding hydrogens is 192 g/mol. The van der Waals surface area contributed by atoms with Gasteiger partial charge >= 0.3 is 0 Å². The van der Waals surface area contributed by atoms with Gasteiger partial charge in [-0.15, -0.1) is 0 Å². The molecule has 0 spiro atoms. The van der Waals surface area contributed by atoms with E-state index in [4.69, 9.17) is 14.2 Å². The third-order valence-electron chi connectivity index (χ3n) is 2.83.